The fourth-order valence-electron chi connectivity index (χ4n) is 1.87. The van der Waals surface area contributed by atoms with Crippen LogP contribution in [-0.2, 0) is 0 Å². The van der Waals surface area contributed by atoms with E-state index in [-0.39, 0.29) is 0 Å². The molecular weight excluding hydrogens is 212 g/mol. The number of aromatic nitrogens is 3. The van der Waals surface area contributed by atoms with E-state index in [1.165, 1.54) is 0 Å². The SMILES string of the molecule is N#Cc1cccn1-c1cnnc2ccccc12. The third-order valence-electron chi connectivity index (χ3n) is 2.65. The third-order valence-corrected chi connectivity index (χ3v) is 2.65. The zero-order valence-corrected chi connectivity index (χ0v) is 8.91. The lowest BCUT2D eigenvalue weighted by atomic mass is 10.2. The lowest BCUT2D eigenvalue weighted by Gasteiger charge is -2.07. The molecule has 0 amide bonds. The van der Waals surface area contributed by atoms with E-state index >= 15 is 0 Å². The van der Waals surface area contributed by atoms with Crippen LogP contribution >= 0.6 is 0 Å². The quantitative estimate of drug-likeness (QED) is 0.632. The summed E-state index contributed by atoms with van der Waals surface area (Å²) in [5.74, 6) is 0. The average molecular weight is 220 g/mol. The number of benzene rings is 1. The van der Waals surface area contributed by atoms with E-state index in [4.69, 9.17) is 5.26 Å². The average Bonchev–Trinajstić information content (AvgIpc) is 2.86. The Morgan fingerprint density at radius 2 is 2.00 bits per heavy atom. The molecular formula is C13H8N4. The molecule has 0 aliphatic heterocycles. The van der Waals surface area contributed by atoms with Crippen LogP contribution in [0.3, 0.4) is 0 Å². The minimum Gasteiger partial charge on any atom is -0.306 e. The highest BCUT2D eigenvalue weighted by Gasteiger charge is 2.07. The molecule has 0 saturated carbocycles. The first-order chi connectivity index (χ1) is 8.40. The topological polar surface area (TPSA) is 54.5 Å². The maximum absolute atomic E-state index is 9.03. The Kier molecular flexibility index (Phi) is 2.09. The van der Waals surface area contributed by atoms with Gasteiger partial charge in [-0.25, -0.2) is 0 Å². The number of hydrogen-bond acceptors (Lipinski definition) is 3. The van der Waals surface area contributed by atoms with Crippen LogP contribution in [0, 0.1) is 11.3 Å². The molecule has 0 fully saturated rings. The van der Waals surface area contributed by atoms with Crippen molar-refractivity contribution in [3.8, 4) is 11.8 Å². The summed E-state index contributed by atoms with van der Waals surface area (Å²) < 4.78 is 1.82. The van der Waals surface area contributed by atoms with E-state index < -0.39 is 0 Å². The Morgan fingerprint density at radius 1 is 1.12 bits per heavy atom. The summed E-state index contributed by atoms with van der Waals surface area (Å²) in [5.41, 5.74) is 2.28. The molecule has 3 rings (SSSR count). The summed E-state index contributed by atoms with van der Waals surface area (Å²) in [5, 5.41) is 18.0. The number of nitriles is 1. The van der Waals surface area contributed by atoms with Crippen molar-refractivity contribution >= 4 is 10.9 Å². The Balaban J connectivity index is 2.35. The van der Waals surface area contributed by atoms with Crippen molar-refractivity contribution < 1.29 is 0 Å². The first kappa shape index (κ1) is 9.55. The van der Waals surface area contributed by atoms with Crippen molar-refractivity contribution in [3.63, 3.8) is 0 Å². The van der Waals surface area contributed by atoms with E-state index in [0.717, 1.165) is 16.6 Å². The van der Waals surface area contributed by atoms with Crippen LogP contribution in [0.2, 0.25) is 0 Å². The number of fused-ring (bicyclic) bond motifs is 1. The van der Waals surface area contributed by atoms with Gasteiger partial charge < -0.3 is 4.57 Å². The summed E-state index contributed by atoms with van der Waals surface area (Å²) in [4.78, 5) is 0. The number of hydrogen-bond donors (Lipinski definition) is 0. The number of nitrogens with zero attached hydrogens (tertiary/aromatic N) is 4. The van der Waals surface area contributed by atoms with Gasteiger partial charge in [0.25, 0.3) is 0 Å². The van der Waals surface area contributed by atoms with E-state index in [9.17, 15) is 0 Å². The van der Waals surface area contributed by atoms with Crippen molar-refractivity contribution in [2.45, 2.75) is 0 Å². The van der Waals surface area contributed by atoms with Gasteiger partial charge in [0, 0.05) is 11.6 Å². The molecule has 4 heteroatoms. The molecule has 0 aliphatic rings. The minimum absolute atomic E-state index is 0.586. The van der Waals surface area contributed by atoms with Gasteiger partial charge in [0.1, 0.15) is 11.8 Å². The van der Waals surface area contributed by atoms with Gasteiger partial charge in [-0.05, 0) is 18.2 Å². The smallest absolute Gasteiger partial charge is 0.124 e. The van der Waals surface area contributed by atoms with E-state index in [2.05, 4.69) is 16.3 Å². The predicted octanol–water partition coefficient (Wildman–Crippen LogP) is 2.29. The molecule has 2 aromatic heterocycles. The number of rotatable bonds is 1. The second-order valence-electron chi connectivity index (χ2n) is 3.62. The van der Waals surface area contributed by atoms with E-state index in [1.807, 2.05) is 41.1 Å². The molecule has 0 spiro atoms. The standard InChI is InChI=1S/C13H8N4/c14-8-10-4-3-7-17(10)13-9-15-16-12-6-2-1-5-11(12)13/h1-7,9H. The van der Waals surface area contributed by atoms with Gasteiger partial charge in [-0.15, -0.1) is 0 Å². The van der Waals surface area contributed by atoms with Crippen molar-refractivity contribution in [2.24, 2.45) is 0 Å². The molecule has 0 bridgehead atoms. The van der Waals surface area contributed by atoms with Gasteiger partial charge in [-0.2, -0.15) is 15.5 Å². The van der Waals surface area contributed by atoms with Gasteiger partial charge in [0.05, 0.1) is 17.4 Å². The van der Waals surface area contributed by atoms with E-state index in [0.29, 0.717) is 5.69 Å². The minimum atomic E-state index is 0.586. The molecule has 3 aromatic rings. The fraction of sp³-hybridized carbons (Fsp3) is 0. The predicted molar refractivity (Wildman–Crippen MR) is 63.6 cm³/mol. The highest BCUT2D eigenvalue weighted by Crippen LogP contribution is 2.20. The van der Waals surface area contributed by atoms with Crippen molar-refractivity contribution in [1.82, 2.24) is 14.8 Å². The normalized spacial score (nSPS) is 10.3. The third kappa shape index (κ3) is 1.45. The van der Waals surface area contributed by atoms with Gasteiger partial charge in [0.2, 0.25) is 0 Å². The largest absolute Gasteiger partial charge is 0.306 e. The molecule has 0 N–H and O–H groups in total. The molecule has 1 aromatic carbocycles. The first-order valence-corrected chi connectivity index (χ1v) is 5.18. The molecule has 0 saturated heterocycles. The van der Waals surface area contributed by atoms with Gasteiger partial charge in [0.15, 0.2) is 0 Å². The monoisotopic (exact) mass is 220 g/mol. The van der Waals surface area contributed by atoms with Crippen LogP contribution in [0.1, 0.15) is 5.69 Å². The van der Waals surface area contributed by atoms with Crippen LogP contribution in [0.5, 0.6) is 0 Å². The van der Waals surface area contributed by atoms with Gasteiger partial charge in [-0.1, -0.05) is 18.2 Å². The fourth-order valence-corrected chi connectivity index (χ4v) is 1.87. The molecule has 4 nitrogen and oxygen atoms in total. The van der Waals surface area contributed by atoms with Crippen molar-refractivity contribution in [1.29, 1.82) is 5.26 Å². The van der Waals surface area contributed by atoms with Gasteiger partial charge in [-0.3, -0.25) is 0 Å². The summed E-state index contributed by atoms with van der Waals surface area (Å²) in [7, 11) is 0. The highest BCUT2D eigenvalue weighted by atomic mass is 15.1. The molecule has 0 atom stereocenters. The maximum atomic E-state index is 9.03. The Hall–Kier alpha value is -2.67. The Bertz CT molecular complexity index is 716. The van der Waals surface area contributed by atoms with Crippen LogP contribution in [0.4, 0.5) is 0 Å². The van der Waals surface area contributed by atoms with Crippen LogP contribution in [0.25, 0.3) is 16.6 Å². The van der Waals surface area contributed by atoms with Gasteiger partial charge >= 0.3 is 0 Å². The lowest BCUT2D eigenvalue weighted by Crippen LogP contribution is -1.98. The second-order valence-corrected chi connectivity index (χ2v) is 3.62. The Labute approximate surface area is 97.8 Å². The molecule has 0 unspecified atom stereocenters. The maximum Gasteiger partial charge on any atom is 0.124 e. The second kappa shape index (κ2) is 3.72. The van der Waals surface area contributed by atoms with Crippen molar-refractivity contribution in [2.75, 3.05) is 0 Å². The summed E-state index contributed by atoms with van der Waals surface area (Å²) in [6.07, 6.45) is 3.52. The summed E-state index contributed by atoms with van der Waals surface area (Å²) >= 11 is 0. The first-order valence-electron chi connectivity index (χ1n) is 5.18. The van der Waals surface area contributed by atoms with Crippen LogP contribution < -0.4 is 0 Å². The summed E-state index contributed by atoms with van der Waals surface area (Å²) in [6.45, 7) is 0. The molecule has 0 aliphatic carbocycles. The Morgan fingerprint density at radius 3 is 2.88 bits per heavy atom. The molecule has 17 heavy (non-hydrogen) atoms. The van der Waals surface area contributed by atoms with E-state index in [1.54, 1.807) is 12.3 Å². The molecule has 2 heterocycles. The van der Waals surface area contributed by atoms with Crippen LogP contribution in [0.15, 0.2) is 48.8 Å². The molecule has 0 radical (unpaired) electrons. The van der Waals surface area contributed by atoms with Crippen LogP contribution in [-0.4, -0.2) is 14.8 Å². The zero-order chi connectivity index (χ0) is 11.7. The van der Waals surface area contributed by atoms with Crippen molar-refractivity contribution in [3.05, 3.63) is 54.5 Å². The lowest BCUT2D eigenvalue weighted by molar-refractivity contribution is 1.00. The summed E-state index contributed by atoms with van der Waals surface area (Å²) in [6, 6.07) is 13.5. The highest BCUT2D eigenvalue weighted by molar-refractivity contribution is 5.86. The zero-order valence-electron chi connectivity index (χ0n) is 8.91. The molecule has 80 valence electrons.